The maximum atomic E-state index is 12.0. The molecule has 0 radical (unpaired) electrons. The van der Waals surface area contributed by atoms with Crippen molar-refractivity contribution in [3.8, 4) is 0 Å². The molecule has 106 valence electrons. The lowest BCUT2D eigenvalue weighted by atomic mass is 10.2. The summed E-state index contributed by atoms with van der Waals surface area (Å²) < 4.78 is 4.92. The third-order valence-corrected chi connectivity index (χ3v) is 3.81. The van der Waals surface area contributed by atoms with Gasteiger partial charge in [-0.1, -0.05) is 6.42 Å². The molecule has 0 N–H and O–H groups in total. The first-order valence-electron chi connectivity index (χ1n) is 7.10. The van der Waals surface area contributed by atoms with E-state index in [1.54, 1.807) is 4.90 Å². The Kier molecular flexibility index (Phi) is 3.58. The van der Waals surface area contributed by atoms with E-state index in [2.05, 4.69) is 0 Å². The van der Waals surface area contributed by atoms with Crippen molar-refractivity contribution in [1.82, 2.24) is 0 Å². The smallest absolute Gasteiger partial charge is 0.414 e. The van der Waals surface area contributed by atoms with Crippen LogP contribution in [-0.2, 0) is 9.53 Å². The molecule has 2 heterocycles. The second kappa shape index (κ2) is 5.53. The summed E-state index contributed by atoms with van der Waals surface area (Å²) in [5.74, 6) is 0.191. The Bertz CT molecular complexity index is 512. The quantitative estimate of drug-likeness (QED) is 0.832. The predicted molar refractivity (Wildman–Crippen MR) is 76.0 cm³/mol. The van der Waals surface area contributed by atoms with Gasteiger partial charge in [-0.05, 0) is 37.1 Å². The van der Waals surface area contributed by atoms with E-state index in [1.807, 2.05) is 29.2 Å². The van der Waals surface area contributed by atoms with Crippen molar-refractivity contribution in [3.05, 3.63) is 24.3 Å². The van der Waals surface area contributed by atoms with Crippen LogP contribution in [0, 0.1) is 0 Å². The number of cyclic esters (lactones) is 1. The molecule has 1 aromatic carbocycles. The van der Waals surface area contributed by atoms with E-state index in [0.29, 0.717) is 19.6 Å². The second-order valence-corrected chi connectivity index (χ2v) is 5.14. The van der Waals surface area contributed by atoms with Crippen molar-refractivity contribution in [1.29, 1.82) is 0 Å². The van der Waals surface area contributed by atoms with Gasteiger partial charge in [0.05, 0.1) is 6.54 Å². The van der Waals surface area contributed by atoms with Gasteiger partial charge >= 0.3 is 6.09 Å². The molecule has 0 atom stereocenters. The molecule has 2 saturated heterocycles. The van der Waals surface area contributed by atoms with Crippen molar-refractivity contribution in [2.75, 3.05) is 29.5 Å². The predicted octanol–water partition coefficient (Wildman–Crippen LogP) is 2.55. The van der Waals surface area contributed by atoms with Crippen LogP contribution in [0.4, 0.5) is 16.2 Å². The molecule has 1 aromatic rings. The molecule has 0 spiro atoms. The van der Waals surface area contributed by atoms with Crippen LogP contribution in [0.15, 0.2) is 24.3 Å². The lowest BCUT2D eigenvalue weighted by Crippen LogP contribution is -2.30. The molecule has 5 heteroatoms. The summed E-state index contributed by atoms with van der Waals surface area (Å²) in [5.41, 5.74) is 1.73. The van der Waals surface area contributed by atoms with Gasteiger partial charge in [-0.15, -0.1) is 0 Å². The number of benzene rings is 1. The Hall–Kier alpha value is -2.04. The van der Waals surface area contributed by atoms with Crippen molar-refractivity contribution in [2.24, 2.45) is 0 Å². The highest BCUT2D eigenvalue weighted by atomic mass is 16.6. The average Bonchev–Trinajstić information content (AvgIpc) is 2.77. The highest BCUT2D eigenvalue weighted by molar-refractivity contribution is 5.94. The summed E-state index contributed by atoms with van der Waals surface area (Å²) in [6.45, 7) is 1.80. The fourth-order valence-corrected chi connectivity index (χ4v) is 2.70. The van der Waals surface area contributed by atoms with Gasteiger partial charge in [0, 0.05) is 24.3 Å². The number of amides is 2. The maximum Gasteiger partial charge on any atom is 0.414 e. The van der Waals surface area contributed by atoms with Crippen LogP contribution in [0.25, 0.3) is 0 Å². The number of hydrogen-bond donors (Lipinski definition) is 0. The first-order chi connectivity index (χ1) is 9.75. The third kappa shape index (κ3) is 2.48. The van der Waals surface area contributed by atoms with Crippen molar-refractivity contribution in [2.45, 2.75) is 25.7 Å². The van der Waals surface area contributed by atoms with E-state index < -0.39 is 0 Å². The summed E-state index contributed by atoms with van der Waals surface area (Å²) in [6.07, 6.45) is 3.46. The Balaban J connectivity index is 1.78. The van der Waals surface area contributed by atoms with E-state index >= 15 is 0 Å². The Morgan fingerprint density at radius 3 is 2.20 bits per heavy atom. The van der Waals surface area contributed by atoms with Crippen molar-refractivity contribution >= 4 is 23.4 Å². The molecular weight excluding hydrogens is 256 g/mol. The van der Waals surface area contributed by atoms with Gasteiger partial charge < -0.3 is 9.64 Å². The fourth-order valence-electron chi connectivity index (χ4n) is 2.70. The zero-order valence-corrected chi connectivity index (χ0v) is 11.4. The standard InChI is InChI=1S/C15H18N2O3/c18-14-4-2-1-3-9-16(14)12-5-7-13(8-6-12)17-10-11-20-15(17)19/h5-8H,1-4,9-11H2. The topological polar surface area (TPSA) is 49.9 Å². The summed E-state index contributed by atoms with van der Waals surface area (Å²) >= 11 is 0. The molecule has 2 aliphatic rings. The maximum absolute atomic E-state index is 12.0. The van der Waals surface area contributed by atoms with Crippen LogP contribution < -0.4 is 9.80 Å². The molecule has 0 unspecified atom stereocenters. The molecule has 0 bridgehead atoms. The van der Waals surface area contributed by atoms with Crippen molar-refractivity contribution < 1.29 is 14.3 Å². The number of carbonyl (C=O) groups is 2. The summed E-state index contributed by atoms with van der Waals surface area (Å²) in [5, 5.41) is 0. The fraction of sp³-hybridized carbons (Fsp3) is 0.467. The van der Waals surface area contributed by atoms with Gasteiger partial charge in [-0.3, -0.25) is 9.69 Å². The van der Waals surface area contributed by atoms with Crippen LogP contribution in [0.2, 0.25) is 0 Å². The number of ether oxygens (including phenoxy) is 1. The van der Waals surface area contributed by atoms with Crippen LogP contribution in [-0.4, -0.2) is 31.7 Å². The van der Waals surface area contributed by atoms with E-state index in [1.165, 1.54) is 0 Å². The minimum atomic E-state index is -0.302. The molecule has 0 aliphatic carbocycles. The molecule has 0 aromatic heterocycles. The molecule has 5 nitrogen and oxygen atoms in total. The third-order valence-electron chi connectivity index (χ3n) is 3.81. The average molecular weight is 274 g/mol. The van der Waals surface area contributed by atoms with E-state index in [9.17, 15) is 9.59 Å². The van der Waals surface area contributed by atoms with Gasteiger partial charge in [-0.25, -0.2) is 4.79 Å². The summed E-state index contributed by atoms with van der Waals surface area (Å²) in [4.78, 5) is 27.0. The molecule has 3 rings (SSSR count). The number of carbonyl (C=O) groups excluding carboxylic acids is 2. The number of nitrogens with zero attached hydrogens (tertiary/aromatic N) is 2. The molecule has 2 fully saturated rings. The van der Waals surface area contributed by atoms with Crippen LogP contribution >= 0.6 is 0 Å². The lowest BCUT2D eigenvalue weighted by molar-refractivity contribution is -0.118. The molecule has 20 heavy (non-hydrogen) atoms. The first kappa shape index (κ1) is 13.0. The Labute approximate surface area is 118 Å². The Morgan fingerprint density at radius 2 is 1.55 bits per heavy atom. The van der Waals surface area contributed by atoms with E-state index in [0.717, 1.165) is 37.2 Å². The van der Waals surface area contributed by atoms with Crippen LogP contribution in [0.1, 0.15) is 25.7 Å². The van der Waals surface area contributed by atoms with Gasteiger partial charge in [0.2, 0.25) is 5.91 Å². The zero-order valence-electron chi connectivity index (χ0n) is 11.4. The van der Waals surface area contributed by atoms with E-state index in [-0.39, 0.29) is 12.0 Å². The largest absolute Gasteiger partial charge is 0.447 e. The van der Waals surface area contributed by atoms with E-state index in [4.69, 9.17) is 4.74 Å². The number of anilines is 2. The SMILES string of the molecule is O=C1CCCCCN1c1ccc(N2CCOC2=O)cc1. The van der Waals surface area contributed by atoms with Gasteiger partial charge in [-0.2, -0.15) is 0 Å². The Morgan fingerprint density at radius 1 is 0.850 bits per heavy atom. The van der Waals surface area contributed by atoms with Crippen LogP contribution in [0.5, 0.6) is 0 Å². The molecule has 0 saturated carbocycles. The minimum Gasteiger partial charge on any atom is -0.447 e. The van der Waals surface area contributed by atoms with Gasteiger partial charge in [0.15, 0.2) is 0 Å². The molecular formula is C15H18N2O3. The van der Waals surface area contributed by atoms with Crippen LogP contribution in [0.3, 0.4) is 0 Å². The highest BCUT2D eigenvalue weighted by Crippen LogP contribution is 2.25. The number of hydrogen-bond acceptors (Lipinski definition) is 3. The second-order valence-electron chi connectivity index (χ2n) is 5.14. The summed E-state index contributed by atoms with van der Waals surface area (Å²) in [6, 6.07) is 7.56. The normalized spacial score (nSPS) is 20.0. The van der Waals surface area contributed by atoms with Crippen molar-refractivity contribution in [3.63, 3.8) is 0 Å². The number of rotatable bonds is 2. The molecule has 2 aliphatic heterocycles. The lowest BCUT2D eigenvalue weighted by Gasteiger charge is -2.21. The first-order valence-corrected chi connectivity index (χ1v) is 7.10. The van der Waals surface area contributed by atoms with Gasteiger partial charge in [0.25, 0.3) is 0 Å². The zero-order chi connectivity index (χ0) is 13.9. The minimum absolute atomic E-state index is 0.191. The van der Waals surface area contributed by atoms with Gasteiger partial charge in [0.1, 0.15) is 6.61 Å². The monoisotopic (exact) mass is 274 g/mol. The molecule has 2 amide bonds. The summed E-state index contributed by atoms with van der Waals surface area (Å²) in [7, 11) is 0. The highest BCUT2D eigenvalue weighted by Gasteiger charge is 2.24.